The highest BCUT2D eigenvalue weighted by Gasteiger charge is 2.39. The minimum atomic E-state index is 0.527. The molecule has 15 heavy (non-hydrogen) atoms. The predicted octanol–water partition coefficient (Wildman–Crippen LogP) is 1.87. The number of hydrogen-bond donors (Lipinski definition) is 0. The van der Waals surface area contributed by atoms with Crippen LogP contribution in [0.25, 0.3) is 6.20 Å². The van der Waals surface area contributed by atoms with Crippen molar-refractivity contribution in [1.82, 2.24) is 14.0 Å². The molecule has 0 aromatic carbocycles. The zero-order chi connectivity index (χ0) is 10.9. The summed E-state index contributed by atoms with van der Waals surface area (Å²) in [6, 6.07) is 0. The summed E-state index contributed by atoms with van der Waals surface area (Å²) in [5.74, 6) is 1.93. The fourth-order valence-corrected chi connectivity index (χ4v) is 1.96. The maximum absolute atomic E-state index is 4.42. The average Bonchev–Trinajstić information content (AvgIpc) is 2.84. The van der Waals surface area contributed by atoms with Crippen molar-refractivity contribution in [2.24, 2.45) is 4.99 Å². The Kier molecular flexibility index (Phi) is 2.28. The van der Waals surface area contributed by atoms with Gasteiger partial charge in [0.1, 0.15) is 12.7 Å². The molecule has 4 nitrogen and oxygen atoms in total. The summed E-state index contributed by atoms with van der Waals surface area (Å²) >= 11 is 0. The molecule has 1 atom stereocenters. The van der Waals surface area contributed by atoms with Gasteiger partial charge in [0.2, 0.25) is 5.84 Å². The van der Waals surface area contributed by atoms with Crippen LogP contribution in [0.5, 0.6) is 0 Å². The Hall–Kier alpha value is -1.68. The molecule has 0 N–H and O–H groups in total. The molecule has 1 aliphatic rings. The zero-order valence-corrected chi connectivity index (χ0v) is 8.93. The molecule has 0 radical (unpaired) electrons. The van der Waals surface area contributed by atoms with Crippen LogP contribution in [0, 0.1) is 0 Å². The van der Waals surface area contributed by atoms with Crippen LogP contribution in [-0.4, -0.2) is 28.5 Å². The molecule has 4 heteroatoms. The molecule has 1 aliphatic heterocycles. The SMILES string of the molecule is C=Cn1ccnc1[N+]1(C=C)CCN=C1C. The molecule has 0 amide bonds. The van der Waals surface area contributed by atoms with E-state index in [2.05, 4.69) is 23.1 Å². The summed E-state index contributed by atoms with van der Waals surface area (Å²) in [5.41, 5.74) is 0. The second kappa shape index (κ2) is 3.47. The Morgan fingerprint density at radius 3 is 2.87 bits per heavy atom. The number of aromatic nitrogens is 2. The Morgan fingerprint density at radius 2 is 2.33 bits per heavy atom. The summed E-state index contributed by atoms with van der Waals surface area (Å²) in [6.45, 7) is 11.4. The van der Waals surface area contributed by atoms with Crippen molar-refractivity contribution in [2.75, 3.05) is 13.1 Å². The zero-order valence-electron chi connectivity index (χ0n) is 8.93. The van der Waals surface area contributed by atoms with Crippen molar-refractivity contribution in [3.05, 3.63) is 31.8 Å². The van der Waals surface area contributed by atoms with Gasteiger partial charge in [0.05, 0.1) is 12.7 Å². The van der Waals surface area contributed by atoms with E-state index in [1.807, 2.05) is 23.9 Å². The molecule has 0 fully saturated rings. The van der Waals surface area contributed by atoms with E-state index in [-0.39, 0.29) is 0 Å². The van der Waals surface area contributed by atoms with Crippen molar-refractivity contribution in [3.8, 4) is 0 Å². The van der Waals surface area contributed by atoms with E-state index in [0.29, 0.717) is 4.48 Å². The van der Waals surface area contributed by atoms with Gasteiger partial charge < -0.3 is 0 Å². The van der Waals surface area contributed by atoms with Gasteiger partial charge in [-0.3, -0.25) is 4.57 Å². The second-order valence-electron chi connectivity index (χ2n) is 3.52. The average molecular weight is 203 g/mol. The first-order valence-electron chi connectivity index (χ1n) is 4.93. The fourth-order valence-electron chi connectivity index (χ4n) is 1.96. The molecular weight excluding hydrogens is 188 g/mol. The van der Waals surface area contributed by atoms with Crippen molar-refractivity contribution >= 4 is 18.0 Å². The topological polar surface area (TPSA) is 30.2 Å². The van der Waals surface area contributed by atoms with Crippen LogP contribution in [0.15, 0.2) is 36.7 Å². The molecule has 1 aromatic rings. The fraction of sp³-hybridized carbons (Fsp3) is 0.273. The summed E-state index contributed by atoms with van der Waals surface area (Å²) in [7, 11) is 0. The number of rotatable bonds is 3. The lowest BCUT2D eigenvalue weighted by Gasteiger charge is -2.26. The molecule has 2 heterocycles. The molecule has 0 aliphatic carbocycles. The summed E-state index contributed by atoms with van der Waals surface area (Å²) < 4.78 is 2.44. The van der Waals surface area contributed by atoms with E-state index in [0.717, 1.165) is 24.9 Å². The predicted molar refractivity (Wildman–Crippen MR) is 63.4 cm³/mol. The third-order valence-corrected chi connectivity index (χ3v) is 2.88. The molecule has 78 valence electrons. The first kappa shape index (κ1) is 9.86. The van der Waals surface area contributed by atoms with Gasteiger partial charge in [0, 0.05) is 19.3 Å². The van der Waals surface area contributed by atoms with Crippen molar-refractivity contribution in [1.29, 1.82) is 0 Å². The second-order valence-corrected chi connectivity index (χ2v) is 3.52. The summed E-state index contributed by atoms with van der Waals surface area (Å²) in [5, 5.41) is 0. The van der Waals surface area contributed by atoms with Gasteiger partial charge in [0.25, 0.3) is 0 Å². The monoisotopic (exact) mass is 203 g/mol. The normalized spacial score (nSPS) is 25.0. The lowest BCUT2D eigenvalue weighted by Crippen LogP contribution is -2.47. The van der Waals surface area contributed by atoms with Crippen molar-refractivity contribution in [3.63, 3.8) is 0 Å². The third-order valence-electron chi connectivity index (χ3n) is 2.88. The van der Waals surface area contributed by atoms with Crippen LogP contribution in [0.4, 0.5) is 5.95 Å². The minimum absolute atomic E-state index is 0.527. The maximum atomic E-state index is 4.42. The Bertz CT molecular complexity index is 430. The lowest BCUT2D eigenvalue weighted by molar-refractivity contribution is 0.549. The largest absolute Gasteiger partial charge is 0.324 e. The number of imidazole rings is 1. The van der Waals surface area contributed by atoms with Crippen molar-refractivity contribution in [2.45, 2.75) is 6.92 Å². The number of amidine groups is 1. The van der Waals surface area contributed by atoms with Crippen LogP contribution in [0.1, 0.15) is 6.92 Å². The van der Waals surface area contributed by atoms with Crippen LogP contribution in [0.2, 0.25) is 0 Å². The molecule has 1 aromatic heterocycles. The number of quaternary nitrogens is 1. The maximum Gasteiger partial charge on any atom is 0.324 e. The molecular formula is C11H15N4+. The first-order valence-corrected chi connectivity index (χ1v) is 4.93. The standard InChI is InChI=1S/C11H15N4/c1-4-14-8-6-13-11(14)15(5-2)9-7-12-10(15)3/h4-6,8H,1-2,7,9H2,3H3/q+1. The summed E-state index contributed by atoms with van der Waals surface area (Å²) in [6.07, 6.45) is 7.29. The van der Waals surface area contributed by atoms with E-state index in [4.69, 9.17) is 0 Å². The van der Waals surface area contributed by atoms with Gasteiger partial charge in [-0.1, -0.05) is 6.58 Å². The van der Waals surface area contributed by atoms with E-state index < -0.39 is 0 Å². The first-order chi connectivity index (χ1) is 7.24. The number of aliphatic imine (C=N–C) groups is 1. The Balaban J connectivity index is 2.56. The lowest BCUT2D eigenvalue weighted by atomic mass is 10.4. The molecule has 1 unspecified atom stereocenters. The smallest absolute Gasteiger partial charge is 0.261 e. The summed E-state index contributed by atoms with van der Waals surface area (Å²) in [4.78, 5) is 8.80. The molecule has 0 saturated carbocycles. The molecule has 2 rings (SSSR count). The van der Waals surface area contributed by atoms with Gasteiger partial charge in [0.15, 0.2) is 0 Å². The quantitative estimate of drug-likeness (QED) is 0.690. The van der Waals surface area contributed by atoms with Gasteiger partial charge in [-0.25, -0.2) is 4.99 Å². The molecule has 0 bridgehead atoms. The highest BCUT2D eigenvalue weighted by atomic mass is 15.5. The molecule has 0 saturated heterocycles. The van der Waals surface area contributed by atoms with Crippen LogP contribution in [-0.2, 0) is 0 Å². The van der Waals surface area contributed by atoms with E-state index in [9.17, 15) is 0 Å². The van der Waals surface area contributed by atoms with Gasteiger partial charge in [-0.2, -0.15) is 9.47 Å². The van der Waals surface area contributed by atoms with Crippen LogP contribution < -0.4 is 4.48 Å². The van der Waals surface area contributed by atoms with Gasteiger partial charge in [-0.05, 0) is 6.58 Å². The molecule has 0 spiro atoms. The van der Waals surface area contributed by atoms with Gasteiger partial charge >= 0.3 is 5.95 Å². The van der Waals surface area contributed by atoms with Gasteiger partial charge in [-0.15, -0.1) is 0 Å². The Labute approximate surface area is 89.5 Å². The highest BCUT2D eigenvalue weighted by molar-refractivity contribution is 5.93. The minimum Gasteiger partial charge on any atom is -0.261 e. The number of nitrogens with zero attached hydrogens (tertiary/aromatic N) is 4. The third kappa shape index (κ3) is 1.26. The van der Waals surface area contributed by atoms with Crippen LogP contribution in [0.3, 0.4) is 0 Å². The van der Waals surface area contributed by atoms with E-state index in [1.165, 1.54) is 0 Å². The van der Waals surface area contributed by atoms with E-state index in [1.54, 1.807) is 12.4 Å². The Morgan fingerprint density at radius 1 is 1.53 bits per heavy atom. The van der Waals surface area contributed by atoms with E-state index >= 15 is 0 Å². The van der Waals surface area contributed by atoms with Crippen molar-refractivity contribution < 1.29 is 0 Å². The van der Waals surface area contributed by atoms with Crippen LogP contribution >= 0.6 is 0 Å². The highest BCUT2D eigenvalue weighted by Crippen LogP contribution is 2.26. The number of hydrogen-bond acceptors (Lipinski definition) is 2.